The quantitative estimate of drug-likeness (QED) is 0.786. The van der Waals surface area contributed by atoms with E-state index in [9.17, 15) is 0 Å². The summed E-state index contributed by atoms with van der Waals surface area (Å²) in [5.74, 6) is 0. The molecule has 0 radical (unpaired) electrons. The molecule has 0 spiro atoms. The van der Waals surface area contributed by atoms with Crippen LogP contribution in [0.3, 0.4) is 0 Å². The number of nitrogens with one attached hydrogen (secondary N) is 1. The number of anilines is 1. The Morgan fingerprint density at radius 3 is 2.94 bits per heavy atom. The third-order valence-electron chi connectivity index (χ3n) is 2.89. The van der Waals surface area contributed by atoms with Gasteiger partial charge in [-0.2, -0.15) is 5.26 Å². The maximum absolute atomic E-state index is 8.85. The molecule has 2 rings (SSSR count). The number of benzene rings is 1. The van der Waals surface area contributed by atoms with Crippen molar-refractivity contribution in [1.82, 2.24) is 4.90 Å². The lowest BCUT2D eigenvalue weighted by Gasteiger charge is -2.31. The van der Waals surface area contributed by atoms with E-state index in [0.29, 0.717) is 24.0 Å². The zero-order valence-electron chi connectivity index (χ0n) is 10.4. The van der Waals surface area contributed by atoms with Crippen molar-refractivity contribution < 1.29 is 4.74 Å². The topological polar surface area (TPSA) is 48.3 Å². The molecule has 1 aromatic rings. The summed E-state index contributed by atoms with van der Waals surface area (Å²) in [6.45, 7) is 5.32. The van der Waals surface area contributed by atoms with E-state index in [0.717, 1.165) is 5.69 Å². The van der Waals surface area contributed by atoms with Crippen molar-refractivity contribution in [2.45, 2.75) is 19.4 Å². The lowest BCUT2D eigenvalue weighted by Crippen LogP contribution is -2.46. The lowest BCUT2D eigenvalue weighted by molar-refractivity contribution is 0.169. The van der Waals surface area contributed by atoms with E-state index < -0.39 is 0 Å². The lowest BCUT2D eigenvalue weighted by atomic mass is 10.1. The highest BCUT2D eigenvalue weighted by Gasteiger charge is 2.34. The molecule has 0 atom stereocenters. The fourth-order valence-corrected chi connectivity index (χ4v) is 2.25. The van der Waals surface area contributed by atoms with Gasteiger partial charge >= 0.3 is 0 Å². The third kappa shape index (κ3) is 2.61. The Hall–Kier alpha value is -1.64. The largest absolute Gasteiger partial charge is 0.359 e. The smallest absolute Gasteiger partial charge is 0.175 e. The molecule has 1 saturated heterocycles. The van der Waals surface area contributed by atoms with Gasteiger partial charge in [0.1, 0.15) is 6.73 Å². The molecule has 1 heterocycles. The zero-order valence-corrected chi connectivity index (χ0v) is 11.3. The van der Waals surface area contributed by atoms with E-state index >= 15 is 0 Å². The number of hydrogen-bond donors (Lipinski definition) is 1. The van der Waals surface area contributed by atoms with Gasteiger partial charge < -0.3 is 15.0 Å². The number of nitrogens with zero attached hydrogens (tertiary/aromatic N) is 2. The van der Waals surface area contributed by atoms with Crippen LogP contribution in [0.15, 0.2) is 24.3 Å². The molecular weight excluding hydrogens is 246 g/mol. The summed E-state index contributed by atoms with van der Waals surface area (Å²) >= 11 is 5.38. The van der Waals surface area contributed by atoms with Crippen LogP contribution in [0.2, 0.25) is 0 Å². The predicted molar refractivity (Wildman–Crippen MR) is 74.1 cm³/mol. The average Bonchev–Trinajstić information content (AvgIpc) is 2.69. The summed E-state index contributed by atoms with van der Waals surface area (Å²) in [7, 11) is 0. The molecule has 0 saturated carbocycles. The molecule has 1 aliphatic rings. The highest BCUT2D eigenvalue weighted by Crippen LogP contribution is 2.22. The summed E-state index contributed by atoms with van der Waals surface area (Å²) in [6, 6.07) is 9.35. The average molecular weight is 261 g/mol. The SMILES string of the molecule is CC1(C)COCN1C(=S)Nc1cccc(C#N)c1. The maximum atomic E-state index is 8.85. The standard InChI is InChI=1S/C13H15N3OS/c1-13(2)8-17-9-16(13)12(18)15-11-5-3-4-10(6-11)7-14/h3-6H,8-9H2,1-2H3,(H,15,18). The van der Waals surface area contributed by atoms with E-state index in [4.69, 9.17) is 22.2 Å². The van der Waals surface area contributed by atoms with Crippen molar-refractivity contribution in [3.8, 4) is 6.07 Å². The minimum Gasteiger partial charge on any atom is -0.359 e. The van der Waals surface area contributed by atoms with Gasteiger partial charge in [-0.15, -0.1) is 0 Å². The van der Waals surface area contributed by atoms with Crippen molar-refractivity contribution >= 4 is 23.0 Å². The summed E-state index contributed by atoms with van der Waals surface area (Å²) < 4.78 is 5.42. The fraction of sp³-hybridized carbons (Fsp3) is 0.385. The van der Waals surface area contributed by atoms with Crippen molar-refractivity contribution in [3.63, 3.8) is 0 Å². The first-order valence-electron chi connectivity index (χ1n) is 5.69. The number of thiocarbonyl (C=S) groups is 1. The van der Waals surface area contributed by atoms with Gasteiger partial charge in [0, 0.05) is 5.69 Å². The Kier molecular flexibility index (Phi) is 3.50. The Morgan fingerprint density at radius 1 is 1.56 bits per heavy atom. The van der Waals surface area contributed by atoms with Crippen LogP contribution in [-0.4, -0.2) is 28.9 Å². The van der Waals surface area contributed by atoms with Crippen LogP contribution >= 0.6 is 12.2 Å². The molecule has 1 N–H and O–H groups in total. The second kappa shape index (κ2) is 4.92. The molecule has 1 aromatic carbocycles. The van der Waals surface area contributed by atoms with Gasteiger partial charge in [-0.05, 0) is 44.3 Å². The van der Waals surface area contributed by atoms with E-state index in [1.54, 1.807) is 12.1 Å². The predicted octanol–water partition coefficient (Wildman–Crippen LogP) is 2.32. The number of hydrogen-bond acceptors (Lipinski definition) is 3. The monoisotopic (exact) mass is 261 g/mol. The molecule has 1 aliphatic heterocycles. The van der Waals surface area contributed by atoms with Crippen LogP contribution < -0.4 is 5.32 Å². The highest BCUT2D eigenvalue weighted by atomic mass is 32.1. The van der Waals surface area contributed by atoms with E-state index in [1.807, 2.05) is 17.0 Å². The molecule has 18 heavy (non-hydrogen) atoms. The summed E-state index contributed by atoms with van der Waals surface area (Å²) in [4.78, 5) is 2.00. The second-order valence-electron chi connectivity index (χ2n) is 4.84. The molecule has 4 nitrogen and oxygen atoms in total. The number of rotatable bonds is 1. The summed E-state index contributed by atoms with van der Waals surface area (Å²) in [5.41, 5.74) is 1.33. The van der Waals surface area contributed by atoms with Crippen molar-refractivity contribution in [2.75, 3.05) is 18.7 Å². The molecule has 0 unspecified atom stereocenters. The van der Waals surface area contributed by atoms with Crippen LogP contribution in [0, 0.1) is 11.3 Å². The van der Waals surface area contributed by atoms with E-state index in [1.165, 1.54) is 0 Å². The van der Waals surface area contributed by atoms with Crippen molar-refractivity contribution in [3.05, 3.63) is 29.8 Å². The number of ether oxygens (including phenoxy) is 1. The fourth-order valence-electron chi connectivity index (χ4n) is 1.83. The Morgan fingerprint density at radius 2 is 2.33 bits per heavy atom. The van der Waals surface area contributed by atoms with Crippen molar-refractivity contribution in [1.29, 1.82) is 5.26 Å². The molecule has 1 fully saturated rings. The van der Waals surface area contributed by atoms with E-state index in [2.05, 4.69) is 25.2 Å². The van der Waals surface area contributed by atoms with Gasteiger partial charge in [0.25, 0.3) is 0 Å². The summed E-state index contributed by atoms with van der Waals surface area (Å²) in [6.07, 6.45) is 0. The van der Waals surface area contributed by atoms with Gasteiger partial charge in [0.2, 0.25) is 0 Å². The minimum atomic E-state index is -0.100. The molecule has 0 aromatic heterocycles. The molecule has 0 amide bonds. The van der Waals surface area contributed by atoms with E-state index in [-0.39, 0.29) is 5.54 Å². The first-order valence-corrected chi connectivity index (χ1v) is 6.10. The second-order valence-corrected chi connectivity index (χ2v) is 5.23. The maximum Gasteiger partial charge on any atom is 0.175 e. The zero-order chi connectivity index (χ0) is 13.2. The van der Waals surface area contributed by atoms with Gasteiger partial charge in [-0.1, -0.05) is 6.07 Å². The van der Waals surface area contributed by atoms with Gasteiger partial charge in [-0.25, -0.2) is 0 Å². The molecule has 94 valence electrons. The van der Waals surface area contributed by atoms with Gasteiger partial charge in [-0.3, -0.25) is 0 Å². The molecule has 0 aliphatic carbocycles. The Bertz CT molecular complexity index is 507. The number of nitriles is 1. The molecule has 0 bridgehead atoms. The first kappa shape index (κ1) is 12.8. The van der Waals surface area contributed by atoms with Gasteiger partial charge in [0.05, 0.1) is 23.8 Å². The first-order chi connectivity index (χ1) is 8.53. The van der Waals surface area contributed by atoms with Crippen LogP contribution in [0.5, 0.6) is 0 Å². The van der Waals surface area contributed by atoms with Crippen LogP contribution in [-0.2, 0) is 4.74 Å². The van der Waals surface area contributed by atoms with Crippen LogP contribution in [0.1, 0.15) is 19.4 Å². The van der Waals surface area contributed by atoms with Crippen LogP contribution in [0.25, 0.3) is 0 Å². The Labute approximate surface area is 112 Å². The summed E-state index contributed by atoms with van der Waals surface area (Å²) in [5, 5.41) is 12.6. The van der Waals surface area contributed by atoms with Crippen LogP contribution in [0.4, 0.5) is 5.69 Å². The highest BCUT2D eigenvalue weighted by molar-refractivity contribution is 7.80. The molecular formula is C13H15N3OS. The third-order valence-corrected chi connectivity index (χ3v) is 3.22. The van der Waals surface area contributed by atoms with Gasteiger partial charge in [0.15, 0.2) is 5.11 Å². The van der Waals surface area contributed by atoms with Crippen molar-refractivity contribution in [2.24, 2.45) is 0 Å². The minimum absolute atomic E-state index is 0.100. The Balaban J connectivity index is 2.10. The normalized spacial score (nSPS) is 17.3. The molecule has 5 heteroatoms.